The second-order valence-corrected chi connectivity index (χ2v) is 6.37. The van der Waals surface area contributed by atoms with Crippen LogP contribution in [-0.4, -0.2) is 27.6 Å². The number of carbonyl (C=O) groups is 1. The quantitative estimate of drug-likeness (QED) is 0.912. The first-order valence-electron chi connectivity index (χ1n) is 5.44. The molecule has 0 aliphatic rings. The zero-order valence-electron chi connectivity index (χ0n) is 10.7. The Bertz CT molecular complexity index is 579. The minimum absolute atomic E-state index is 0.0289. The lowest BCUT2D eigenvalue weighted by molar-refractivity contribution is 0.0955. The number of hydrogen-bond acceptors (Lipinski definition) is 3. The fourth-order valence-corrected chi connectivity index (χ4v) is 2.48. The molecule has 0 saturated heterocycles. The van der Waals surface area contributed by atoms with E-state index in [4.69, 9.17) is 0 Å². The summed E-state index contributed by atoms with van der Waals surface area (Å²) in [5.74, 6) is -1.59. The largest absolute Gasteiger partial charge is 0.355 e. The van der Waals surface area contributed by atoms with Crippen LogP contribution in [0.15, 0.2) is 17.0 Å². The Morgan fingerprint density at radius 1 is 1.33 bits per heavy atom. The van der Waals surface area contributed by atoms with Gasteiger partial charge in [0.15, 0.2) is 9.84 Å². The number of rotatable bonds is 3. The van der Waals surface area contributed by atoms with Crippen LogP contribution in [0.2, 0.25) is 0 Å². The van der Waals surface area contributed by atoms with Crippen LogP contribution in [0.5, 0.6) is 0 Å². The van der Waals surface area contributed by atoms with Crippen molar-refractivity contribution >= 4 is 15.7 Å². The topological polar surface area (TPSA) is 63.2 Å². The average molecular weight is 273 g/mol. The van der Waals surface area contributed by atoms with Crippen LogP contribution in [0.3, 0.4) is 0 Å². The minimum Gasteiger partial charge on any atom is -0.355 e. The summed E-state index contributed by atoms with van der Waals surface area (Å²) >= 11 is 0. The smallest absolute Gasteiger partial charge is 0.255 e. The van der Waals surface area contributed by atoms with Crippen LogP contribution in [0.4, 0.5) is 4.39 Å². The molecule has 0 bridgehead atoms. The molecular formula is C12H16FNO3S. The van der Waals surface area contributed by atoms with E-state index in [9.17, 15) is 17.6 Å². The van der Waals surface area contributed by atoms with Gasteiger partial charge in [-0.1, -0.05) is 13.8 Å². The molecule has 4 nitrogen and oxygen atoms in total. The Kier molecular flexibility index (Phi) is 4.11. The molecule has 1 rings (SSSR count). The fourth-order valence-electron chi connectivity index (χ4n) is 1.57. The summed E-state index contributed by atoms with van der Waals surface area (Å²) in [5.41, 5.74) is 0.116. The number of sulfone groups is 1. The Morgan fingerprint density at radius 3 is 2.28 bits per heavy atom. The zero-order valence-corrected chi connectivity index (χ0v) is 11.6. The van der Waals surface area contributed by atoms with Gasteiger partial charge < -0.3 is 5.32 Å². The van der Waals surface area contributed by atoms with Gasteiger partial charge in [0.2, 0.25) is 0 Å². The lowest BCUT2D eigenvalue weighted by Crippen LogP contribution is -2.22. The van der Waals surface area contributed by atoms with Crippen molar-refractivity contribution in [1.82, 2.24) is 5.32 Å². The number of amides is 1. The molecule has 0 spiro atoms. The van der Waals surface area contributed by atoms with Crippen molar-refractivity contribution < 1.29 is 17.6 Å². The molecule has 1 amide bonds. The highest BCUT2D eigenvalue weighted by molar-refractivity contribution is 7.90. The van der Waals surface area contributed by atoms with Crippen LogP contribution in [-0.2, 0) is 9.84 Å². The molecule has 0 atom stereocenters. The van der Waals surface area contributed by atoms with Crippen molar-refractivity contribution in [3.05, 3.63) is 29.1 Å². The predicted octanol–water partition coefficient (Wildman–Crippen LogP) is 1.71. The van der Waals surface area contributed by atoms with E-state index in [2.05, 4.69) is 5.32 Å². The maximum atomic E-state index is 13.9. The molecule has 1 aromatic carbocycles. The van der Waals surface area contributed by atoms with E-state index in [1.54, 1.807) is 0 Å². The average Bonchev–Trinajstić information content (AvgIpc) is 2.25. The molecule has 6 heteroatoms. The molecule has 0 saturated carbocycles. The van der Waals surface area contributed by atoms with Gasteiger partial charge in [0, 0.05) is 13.3 Å². The normalized spacial score (nSPS) is 11.7. The molecule has 100 valence electrons. The molecule has 0 aliphatic carbocycles. The van der Waals surface area contributed by atoms with Gasteiger partial charge in [-0.3, -0.25) is 4.79 Å². The first-order valence-corrected chi connectivity index (χ1v) is 7.33. The van der Waals surface area contributed by atoms with Crippen LogP contribution in [0.1, 0.15) is 35.7 Å². The van der Waals surface area contributed by atoms with Crippen LogP contribution < -0.4 is 5.32 Å². The lowest BCUT2D eigenvalue weighted by Gasteiger charge is -2.12. The highest BCUT2D eigenvalue weighted by Gasteiger charge is 2.24. The molecule has 0 fully saturated rings. The lowest BCUT2D eigenvalue weighted by atomic mass is 10.0. The van der Waals surface area contributed by atoms with Gasteiger partial charge in [-0.2, -0.15) is 0 Å². The van der Waals surface area contributed by atoms with E-state index in [0.29, 0.717) is 5.56 Å². The number of nitrogens with one attached hydrogen (secondary N) is 1. The number of hydrogen-bond donors (Lipinski definition) is 1. The highest BCUT2D eigenvalue weighted by atomic mass is 32.2. The molecule has 0 aliphatic heterocycles. The molecule has 0 aromatic heterocycles. The molecule has 0 radical (unpaired) electrons. The second kappa shape index (κ2) is 5.06. The summed E-state index contributed by atoms with van der Waals surface area (Å²) in [7, 11) is -2.34. The SMILES string of the molecule is CNC(=O)c1c(F)cc(C(C)C)cc1S(C)(=O)=O. The van der Waals surface area contributed by atoms with Gasteiger partial charge in [0.05, 0.1) is 10.5 Å². The predicted molar refractivity (Wildman–Crippen MR) is 67.0 cm³/mol. The summed E-state index contributed by atoms with van der Waals surface area (Å²) in [5, 5.41) is 2.24. The fraction of sp³-hybridized carbons (Fsp3) is 0.417. The zero-order chi connectivity index (χ0) is 14.1. The van der Waals surface area contributed by atoms with Crippen molar-refractivity contribution in [3.8, 4) is 0 Å². The Labute approximate surface area is 106 Å². The first-order chi connectivity index (χ1) is 8.18. The third-order valence-electron chi connectivity index (χ3n) is 2.60. The number of benzene rings is 1. The van der Waals surface area contributed by atoms with E-state index >= 15 is 0 Å². The molecular weight excluding hydrogens is 257 g/mol. The van der Waals surface area contributed by atoms with Gasteiger partial charge in [-0.15, -0.1) is 0 Å². The van der Waals surface area contributed by atoms with Gasteiger partial charge in [-0.05, 0) is 23.6 Å². The molecule has 1 N–H and O–H groups in total. The summed E-state index contributed by atoms with van der Waals surface area (Å²) in [4.78, 5) is 11.3. The van der Waals surface area contributed by atoms with Crippen molar-refractivity contribution in [3.63, 3.8) is 0 Å². The van der Waals surface area contributed by atoms with E-state index in [1.165, 1.54) is 19.2 Å². The molecule has 0 unspecified atom stereocenters. The Morgan fingerprint density at radius 2 is 1.89 bits per heavy atom. The molecule has 1 aromatic rings. The van der Waals surface area contributed by atoms with Gasteiger partial charge in [0.1, 0.15) is 5.82 Å². The third-order valence-corrected chi connectivity index (χ3v) is 3.72. The van der Waals surface area contributed by atoms with Crippen LogP contribution in [0.25, 0.3) is 0 Å². The maximum Gasteiger partial charge on any atom is 0.255 e. The summed E-state index contributed by atoms with van der Waals surface area (Å²) in [6.07, 6.45) is 0.957. The molecule has 18 heavy (non-hydrogen) atoms. The highest BCUT2D eigenvalue weighted by Crippen LogP contribution is 2.25. The minimum atomic E-state index is -3.67. The van der Waals surface area contributed by atoms with E-state index in [0.717, 1.165) is 6.26 Å². The summed E-state index contributed by atoms with van der Waals surface area (Å²) in [6.45, 7) is 3.64. The Hall–Kier alpha value is -1.43. The Balaban J connectivity index is 3.66. The van der Waals surface area contributed by atoms with Gasteiger partial charge in [-0.25, -0.2) is 12.8 Å². The summed E-state index contributed by atoms with van der Waals surface area (Å²) in [6, 6.07) is 2.55. The van der Waals surface area contributed by atoms with Gasteiger partial charge >= 0.3 is 0 Å². The van der Waals surface area contributed by atoms with Crippen LogP contribution in [0, 0.1) is 5.82 Å². The van der Waals surface area contributed by atoms with E-state index < -0.39 is 27.1 Å². The van der Waals surface area contributed by atoms with Crippen molar-refractivity contribution in [1.29, 1.82) is 0 Å². The number of carbonyl (C=O) groups excluding carboxylic acids is 1. The van der Waals surface area contributed by atoms with Gasteiger partial charge in [0.25, 0.3) is 5.91 Å². The monoisotopic (exact) mass is 273 g/mol. The number of halogens is 1. The van der Waals surface area contributed by atoms with E-state index in [-0.39, 0.29) is 10.8 Å². The second-order valence-electron chi connectivity index (χ2n) is 4.38. The van der Waals surface area contributed by atoms with E-state index in [1.807, 2.05) is 13.8 Å². The van der Waals surface area contributed by atoms with Crippen molar-refractivity contribution in [2.24, 2.45) is 0 Å². The first kappa shape index (κ1) is 14.6. The van der Waals surface area contributed by atoms with Crippen molar-refractivity contribution in [2.75, 3.05) is 13.3 Å². The summed E-state index contributed by atoms with van der Waals surface area (Å²) < 4.78 is 37.2. The molecule has 0 heterocycles. The maximum absolute atomic E-state index is 13.9. The van der Waals surface area contributed by atoms with Crippen molar-refractivity contribution in [2.45, 2.75) is 24.7 Å². The third kappa shape index (κ3) is 2.87. The standard InChI is InChI=1S/C12H16FNO3S/c1-7(2)8-5-9(13)11(12(15)14-3)10(6-8)18(4,16)17/h5-7H,1-4H3,(H,14,15). The van der Waals surface area contributed by atoms with Crippen LogP contribution >= 0.6 is 0 Å².